The Morgan fingerprint density at radius 1 is 1.16 bits per heavy atom. The Balaban J connectivity index is 0.00000289. The number of nitrogens with one attached hydrogen (secondary N) is 1. The van der Waals surface area contributed by atoms with Gasteiger partial charge in [0.1, 0.15) is 5.75 Å². The Kier molecular flexibility index (Phi) is 9.22. The van der Waals surface area contributed by atoms with Gasteiger partial charge in [-0.1, -0.05) is 12.1 Å². The number of nitrogens with zero attached hydrogens (tertiary/aromatic N) is 5. The average molecular weight is 553 g/mol. The first-order valence-electron chi connectivity index (χ1n) is 11.4. The fraction of sp³-hybridized carbons (Fsp3) is 0.583. The standard InChI is InChI=1S/C24H36N6O.HI/c1-25-24(30-13-10-21(18-30)22-15-27-28(2)17-22)26-14-19-8-11-29(12-9-19)16-20-4-6-23(31-3)7-5-20;/h4-7,15,17,19,21H,8-14,16,18H2,1-3H3,(H,25,26);1H. The third kappa shape index (κ3) is 6.37. The molecule has 1 atom stereocenters. The number of benzene rings is 1. The van der Waals surface area contributed by atoms with Crippen molar-refractivity contribution in [3.63, 3.8) is 0 Å². The fourth-order valence-corrected chi connectivity index (χ4v) is 4.78. The number of likely N-dealkylation sites (tertiary alicyclic amines) is 2. The summed E-state index contributed by atoms with van der Waals surface area (Å²) < 4.78 is 7.15. The summed E-state index contributed by atoms with van der Waals surface area (Å²) in [6, 6.07) is 8.44. The van der Waals surface area contributed by atoms with Crippen LogP contribution in [0.5, 0.6) is 5.75 Å². The van der Waals surface area contributed by atoms with Gasteiger partial charge >= 0.3 is 0 Å². The first-order valence-corrected chi connectivity index (χ1v) is 11.4. The highest BCUT2D eigenvalue weighted by Gasteiger charge is 2.27. The second kappa shape index (κ2) is 11.9. The van der Waals surface area contributed by atoms with E-state index in [2.05, 4.69) is 55.7 Å². The van der Waals surface area contributed by atoms with Crippen LogP contribution in [0, 0.1) is 5.92 Å². The molecule has 2 fully saturated rings. The number of ether oxygens (including phenoxy) is 1. The molecule has 0 radical (unpaired) electrons. The van der Waals surface area contributed by atoms with Crippen LogP contribution in [-0.2, 0) is 13.6 Å². The molecule has 32 heavy (non-hydrogen) atoms. The molecular weight excluding hydrogens is 515 g/mol. The Morgan fingerprint density at radius 3 is 2.53 bits per heavy atom. The summed E-state index contributed by atoms with van der Waals surface area (Å²) in [7, 11) is 5.60. The number of hydrogen-bond donors (Lipinski definition) is 1. The largest absolute Gasteiger partial charge is 0.497 e. The first-order chi connectivity index (χ1) is 15.1. The van der Waals surface area contributed by atoms with Gasteiger partial charge in [-0.15, -0.1) is 24.0 Å². The van der Waals surface area contributed by atoms with Crippen LogP contribution in [0.1, 0.15) is 36.3 Å². The summed E-state index contributed by atoms with van der Waals surface area (Å²) in [4.78, 5) is 9.52. The molecule has 2 aliphatic rings. The maximum absolute atomic E-state index is 5.26. The monoisotopic (exact) mass is 552 g/mol. The quantitative estimate of drug-likeness (QED) is 0.339. The summed E-state index contributed by atoms with van der Waals surface area (Å²) in [6.45, 7) is 6.42. The number of methoxy groups -OCH3 is 1. The van der Waals surface area contributed by atoms with E-state index in [9.17, 15) is 0 Å². The number of halogens is 1. The molecule has 3 heterocycles. The first kappa shape index (κ1) is 24.8. The van der Waals surface area contributed by atoms with Crippen LogP contribution < -0.4 is 10.1 Å². The minimum atomic E-state index is 0. The van der Waals surface area contributed by atoms with Gasteiger partial charge in [-0.25, -0.2) is 0 Å². The zero-order chi connectivity index (χ0) is 21.6. The second-order valence-corrected chi connectivity index (χ2v) is 8.87. The summed E-state index contributed by atoms with van der Waals surface area (Å²) >= 11 is 0. The third-order valence-corrected chi connectivity index (χ3v) is 6.72. The number of piperidine rings is 1. The lowest BCUT2D eigenvalue weighted by molar-refractivity contribution is 0.177. The molecule has 2 saturated heterocycles. The molecule has 0 saturated carbocycles. The van der Waals surface area contributed by atoms with Crippen LogP contribution >= 0.6 is 24.0 Å². The van der Waals surface area contributed by atoms with Gasteiger partial charge < -0.3 is 15.0 Å². The van der Waals surface area contributed by atoms with Crippen molar-refractivity contribution in [2.45, 2.75) is 31.7 Å². The molecule has 1 aromatic heterocycles. The number of rotatable bonds is 6. The van der Waals surface area contributed by atoms with Gasteiger partial charge in [0, 0.05) is 52.4 Å². The Labute approximate surface area is 209 Å². The van der Waals surface area contributed by atoms with E-state index < -0.39 is 0 Å². The molecule has 8 heteroatoms. The zero-order valence-electron chi connectivity index (χ0n) is 19.5. The van der Waals surface area contributed by atoms with Crippen LogP contribution in [0.15, 0.2) is 41.7 Å². The van der Waals surface area contributed by atoms with Crippen molar-refractivity contribution in [3.8, 4) is 5.75 Å². The van der Waals surface area contributed by atoms with E-state index >= 15 is 0 Å². The van der Waals surface area contributed by atoms with Crippen LogP contribution in [0.25, 0.3) is 0 Å². The summed E-state index contributed by atoms with van der Waals surface area (Å²) in [6.07, 6.45) is 7.78. The van der Waals surface area contributed by atoms with E-state index in [-0.39, 0.29) is 24.0 Å². The molecule has 1 N–H and O–H groups in total. The summed E-state index contributed by atoms with van der Waals surface area (Å²) in [5.74, 6) is 3.23. The van der Waals surface area contributed by atoms with Crippen molar-refractivity contribution in [1.82, 2.24) is 24.9 Å². The molecule has 7 nitrogen and oxygen atoms in total. The highest BCUT2D eigenvalue weighted by Crippen LogP contribution is 2.27. The van der Waals surface area contributed by atoms with Gasteiger partial charge in [0.2, 0.25) is 0 Å². The lowest BCUT2D eigenvalue weighted by Crippen LogP contribution is -2.44. The lowest BCUT2D eigenvalue weighted by atomic mass is 9.96. The SMILES string of the molecule is CN=C(NCC1CCN(Cc2ccc(OC)cc2)CC1)N1CCC(c2cnn(C)c2)C1.I. The van der Waals surface area contributed by atoms with Gasteiger partial charge in [0.05, 0.1) is 13.3 Å². The van der Waals surface area contributed by atoms with Gasteiger partial charge in [-0.2, -0.15) is 5.10 Å². The van der Waals surface area contributed by atoms with E-state index in [1.165, 1.54) is 24.0 Å². The number of guanidine groups is 1. The van der Waals surface area contributed by atoms with Crippen molar-refractivity contribution >= 4 is 29.9 Å². The van der Waals surface area contributed by atoms with Gasteiger partial charge in [0.25, 0.3) is 0 Å². The fourth-order valence-electron chi connectivity index (χ4n) is 4.78. The van der Waals surface area contributed by atoms with Crippen molar-refractivity contribution < 1.29 is 4.74 Å². The predicted molar refractivity (Wildman–Crippen MR) is 140 cm³/mol. The molecule has 1 unspecified atom stereocenters. The molecule has 4 rings (SSSR count). The lowest BCUT2D eigenvalue weighted by Gasteiger charge is -2.33. The number of aromatic nitrogens is 2. The van der Waals surface area contributed by atoms with Gasteiger partial charge in [-0.05, 0) is 61.5 Å². The maximum Gasteiger partial charge on any atom is 0.193 e. The molecule has 2 aromatic rings. The zero-order valence-corrected chi connectivity index (χ0v) is 21.9. The topological polar surface area (TPSA) is 57.9 Å². The van der Waals surface area contributed by atoms with Crippen LogP contribution in [0.2, 0.25) is 0 Å². The van der Waals surface area contributed by atoms with E-state index in [4.69, 9.17) is 4.74 Å². The molecule has 2 aliphatic heterocycles. The second-order valence-electron chi connectivity index (χ2n) is 8.87. The molecule has 0 amide bonds. The minimum Gasteiger partial charge on any atom is -0.497 e. The Morgan fingerprint density at radius 2 is 1.91 bits per heavy atom. The smallest absolute Gasteiger partial charge is 0.193 e. The molecule has 1 aromatic carbocycles. The highest BCUT2D eigenvalue weighted by atomic mass is 127. The van der Waals surface area contributed by atoms with E-state index in [1.807, 2.05) is 25.0 Å². The van der Waals surface area contributed by atoms with E-state index in [1.54, 1.807) is 7.11 Å². The predicted octanol–water partition coefficient (Wildman–Crippen LogP) is 3.32. The van der Waals surface area contributed by atoms with Crippen LogP contribution in [0.3, 0.4) is 0 Å². The number of hydrogen-bond acceptors (Lipinski definition) is 4. The van der Waals surface area contributed by atoms with Crippen molar-refractivity contribution in [1.29, 1.82) is 0 Å². The average Bonchev–Trinajstić information content (AvgIpc) is 3.45. The summed E-state index contributed by atoms with van der Waals surface area (Å²) in [5.41, 5.74) is 2.69. The molecule has 0 aliphatic carbocycles. The highest BCUT2D eigenvalue weighted by molar-refractivity contribution is 14.0. The normalized spacial score (nSPS) is 20.3. The summed E-state index contributed by atoms with van der Waals surface area (Å²) in [5, 5.41) is 7.99. The molecule has 0 spiro atoms. The Hall–Kier alpha value is -1.81. The number of aliphatic imine (C=N–C) groups is 1. The third-order valence-electron chi connectivity index (χ3n) is 6.72. The Bertz CT molecular complexity index is 860. The minimum absolute atomic E-state index is 0. The number of aryl methyl sites for hydroxylation is 1. The molecular formula is C24H37IN6O. The van der Waals surface area contributed by atoms with E-state index in [0.717, 1.165) is 57.4 Å². The molecule has 0 bridgehead atoms. The van der Waals surface area contributed by atoms with E-state index in [0.29, 0.717) is 11.8 Å². The van der Waals surface area contributed by atoms with Crippen molar-refractivity contribution in [3.05, 3.63) is 47.8 Å². The van der Waals surface area contributed by atoms with Crippen molar-refractivity contribution in [2.24, 2.45) is 18.0 Å². The molecule has 176 valence electrons. The maximum atomic E-state index is 5.26. The van der Waals surface area contributed by atoms with Gasteiger partial charge in [-0.3, -0.25) is 14.6 Å². The van der Waals surface area contributed by atoms with Crippen molar-refractivity contribution in [2.75, 3.05) is 46.9 Å². The van der Waals surface area contributed by atoms with Gasteiger partial charge in [0.15, 0.2) is 5.96 Å². The van der Waals surface area contributed by atoms with Crippen LogP contribution in [-0.4, -0.2) is 72.4 Å². The van der Waals surface area contributed by atoms with Crippen LogP contribution in [0.4, 0.5) is 0 Å².